The highest BCUT2D eigenvalue weighted by molar-refractivity contribution is 6.02. The number of anilines is 2. The van der Waals surface area contributed by atoms with Gasteiger partial charge < -0.3 is 16.0 Å². The summed E-state index contributed by atoms with van der Waals surface area (Å²) in [5, 5.41) is 2.82. The summed E-state index contributed by atoms with van der Waals surface area (Å²) in [6, 6.07) is 5.88. The Balaban J connectivity index is 2.28. The Kier molecular flexibility index (Phi) is 3.30. The van der Waals surface area contributed by atoms with Crippen LogP contribution in [-0.2, 0) is 4.79 Å². The summed E-state index contributed by atoms with van der Waals surface area (Å²) >= 11 is 0. The largest absolute Gasteiger partial charge is 0.372 e. The maximum atomic E-state index is 11.5. The highest BCUT2D eigenvalue weighted by atomic mass is 16.2. The monoisotopic (exact) mass is 247 g/mol. The highest BCUT2D eigenvalue weighted by Crippen LogP contribution is 2.33. The van der Waals surface area contributed by atoms with E-state index in [2.05, 4.69) is 38.0 Å². The minimum atomic E-state index is -0.526. The van der Waals surface area contributed by atoms with Gasteiger partial charge in [0.25, 0.3) is 0 Å². The molecule has 0 saturated carbocycles. The fourth-order valence-corrected chi connectivity index (χ4v) is 2.18. The lowest BCUT2D eigenvalue weighted by molar-refractivity contribution is -0.116. The van der Waals surface area contributed by atoms with Crippen LogP contribution < -0.4 is 16.0 Å². The molecule has 1 aliphatic rings. The summed E-state index contributed by atoms with van der Waals surface area (Å²) in [6.07, 6.45) is 0. The highest BCUT2D eigenvalue weighted by Gasteiger charge is 2.27. The van der Waals surface area contributed by atoms with Gasteiger partial charge in [-0.05, 0) is 25.0 Å². The predicted octanol–water partition coefficient (Wildman–Crippen LogP) is 2.12. The zero-order valence-electron chi connectivity index (χ0n) is 11.4. The third-order valence-corrected chi connectivity index (χ3v) is 3.90. The van der Waals surface area contributed by atoms with Crippen molar-refractivity contribution in [2.45, 2.75) is 32.9 Å². The first kappa shape index (κ1) is 12.9. The number of benzene rings is 1. The molecule has 1 amide bonds. The van der Waals surface area contributed by atoms with Gasteiger partial charge in [0.2, 0.25) is 5.91 Å². The maximum absolute atomic E-state index is 11.5. The number of hydrogen-bond acceptors (Lipinski definition) is 3. The zero-order valence-corrected chi connectivity index (χ0v) is 11.4. The van der Waals surface area contributed by atoms with Crippen LogP contribution in [0.2, 0.25) is 0 Å². The van der Waals surface area contributed by atoms with Gasteiger partial charge in [0.05, 0.1) is 0 Å². The quantitative estimate of drug-likeness (QED) is 0.860. The topological polar surface area (TPSA) is 58.4 Å². The molecule has 1 aromatic rings. The van der Waals surface area contributed by atoms with Crippen LogP contribution in [0.1, 0.15) is 32.4 Å². The van der Waals surface area contributed by atoms with Gasteiger partial charge in [0.1, 0.15) is 6.04 Å². The Hall–Kier alpha value is -1.55. The normalized spacial score (nSPS) is 19.7. The lowest BCUT2D eigenvalue weighted by atomic mass is 10.0. The third kappa shape index (κ3) is 2.08. The van der Waals surface area contributed by atoms with E-state index in [1.165, 1.54) is 0 Å². The van der Waals surface area contributed by atoms with E-state index in [4.69, 9.17) is 5.73 Å². The standard InChI is InChI=1S/C14H21N3O/c1-8(2)9(3)17(4)10-5-6-11-12(7-10)16-14(18)13(11)15/h5-9,13H,15H2,1-4H3,(H,16,18). The molecule has 0 spiro atoms. The molecule has 0 radical (unpaired) electrons. The van der Waals surface area contributed by atoms with Crippen LogP contribution in [0.5, 0.6) is 0 Å². The van der Waals surface area contributed by atoms with E-state index in [1.54, 1.807) is 0 Å². The van der Waals surface area contributed by atoms with Crippen molar-refractivity contribution in [3.05, 3.63) is 23.8 Å². The predicted molar refractivity (Wildman–Crippen MR) is 74.7 cm³/mol. The van der Waals surface area contributed by atoms with Crippen molar-refractivity contribution in [2.24, 2.45) is 11.7 Å². The molecule has 2 rings (SSSR count). The van der Waals surface area contributed by atoms with Crippen LogP contribution >= 0.6 is 0 Å². The number of fused-ring (bicyclic) bond motifs is 1. The van der Waals surface area contributed by atoms with Crippen LogP contribution in [0, 0.1) is 5.92 Å². The van der Waals surface area contributed by atoms with E-state index >= 15 is 0 Å². The van der Waals surface area contributed by atoms with E-state index < -0.39 is 6.04 Å². The lowest BCUT2D eigenvalue weighted by Crippen LogP contribution is -2.33. The van der Waals surface area contributed by atoms with E-state index in [0.29, 0.717) is 12.0 Å². The molecule has 4 nitrogen and oxygen atoms in total. The minimum absolute atomic E-state index is 0.123. The van der Waals surface area contributed by atoms with Gasteiger partial charge in [-0.15, -0.1) is 0 Å². The molecule has 0 aromatic heterocycles. The lowest BCUT2D eigenvalue weighted by Gasteiger charge is -2.30. The molecule has 3 N–H and O–H groups in total. The summed E-state index contributed by atoms with van der Waals surface area (Å²) in [6.45, 7) is 6.60. The Morgan fingerprint density at radius 1 is 1.33 bits per heavy atom. The Labute approximate surface area is 108 Å². The summed E-state index contributed by atoms with van der Waals surface area (Å²) < 4.78 is 0. The first-order chi connectivity index (χ1) is 8.41. The molecule has 0 bridgehead atoms. The molecule has 98 valence electrons. The van der Waals surface area contributed by atoms with Crippen molar-refractivity contribution in [3.63, 3.8) is 0 Å². The summed E-state index contributed by atoms with van der Waals surface area (Å²) in [4.78, 5) is 13.7. The molecule has 2 unspecified atom stereocenters. The van der Waals surface area contributed by atoms with Crippen LogP contribution in [0.15, 0.2) is 18.2 Å². The average molecular weight is 247 g/mol. The molecule has 1 aromatic carbocycles. The number of nitrogens with zero attached hydrogens (tertiary/aromatic N) is 1. The summed E-state index contributed by atoms with van der Waals surface area (Å²) in [5.74, 6) is 0.446. The van der Waals surface area contributed by atoms with Gasteiger partial charge in [0.15, 0.2) is 0 Å². The van der Waals surface area contributed by atoms with Crippen molar-refractivity contribution in [1.29, 1.82) is 0 Å². The number of amides is 1. The Morgan fingerprint density at radius 2 is 2.00 bits per heavy atom. The fourth-order valence-electron chi connectivity index (χ4n) is 2.18. The van der Waals surface area contributed by atoms with Crippen molar-refractivity contribution >= 4 is 17.3 Å². The van der Waals surface area contributed by atoms with Gasteiger partial charge in [-0.2, -0.15) is 0 Å². The molecule has 2 atom stereocenters. The first-order valence-electron chi connectivity index (χ1n) is 6.35. The van der Waals surface area contributed by atoms with Crippen molar-refractivity contribution < 1.29 is 4.79 Å². The first-order valence-corrected chi connectivity index (χ1v) is 6.35. The molecule has 0 saturated heterocycles. The average Bonchev–Trinajstić information content (AvgIpc) is 2.62. The maximum Gasteiger partial charge on any atom is 0.245 e. The molecule has 1 aliphatic heterocycles. The van der Waals surface area contributed by atoms with Gasteiger partial charge >= 0.3 is 0 Å². The van der Waals surface area contributed by atoms with Crippen LogP contribution in [0.25, 0.3) is 0 Å². The number of rotatable bonds is 3. The van der Waals surface area contributed by atoms with Gasteiger partial charge in [0, 0.05) is 30.0 Å². The van der Waals surface area contributed by atoms with E-state index in [-0.39, 0.29) is 5.91 Å². The number of nitrogens with two attached hydrogens (primary N) is 1. The number of hydrogen-bond donors (Lipinski definition) is 2. The van der Waals surface area contributed by atoms with E-state index in [1.807, 2.05) is 18.2 Å². The van der Waals surface area contributed by atoms with Gasteiger partial charge in [-0.3, -0.25) is 4.79 Å². The number of carbonyl (C=O) groups is 1. The molecular weight excluding hydrogens is 226 g/mol. The molecule has 1 heterocycles. The van der Waals surface area contributed by atoms with Crippen LogP contribution in [0.4, 0.5) is 11.4 Å². The molecule has 4 heteroatoms. The van der Waals surface area contributed by atoms with Crippen molar-refractivity contribution in [3.8, 4) is 0 Å². The van der Waals surface area contributed by atoms with E-state index in [9.17, 15) is 4.79 Å². The van der Waals surface area contributed by atoms with Gasteiger partial charge in [-0.25, -0.2) is 0 Å². The van der Waals surface area contributed by atoms with Crippen LogP contribution in [0.3, 0.4) is 0 Å². The van der Waals surface area contributed by atoms with Crippen molar-refractivity contribution in [1.82, 2.24) is 0 Å². The summed E-state index contributed by atoms with van der Waals surface area (Å²) in [7, 11) is 2.07. The number of nitrogens with one attached hydrogen (secondary N) is 1. The summed E-state index contributed by atoms with van der Waals surface area (Å²) in [5.41, 5.74) is 8.62. The fraction of sp³-hybridized carbons (Fsp3) is 0.500. The molecule has 18 heavy (non-hydrogen) atoms. The van der Waals surface area contributed by atoms with Crippen LogP contribution in [-0.4, -0.2) is 19.0 Å². The SMILES string of the molecule is CC(C)C(C)N(C)c1ccc2c(c1)NC(=O)C2N. The zero-order chi connectivity index (χ0) is 13.4. The van der Waals surface area contributed by atoms with Gasteiger partial charge in [-0.1, -0.05) is 19.9 Å². The van der Waals surface area contributed by atoms with E-state index in [0.717, 1.165) is 16.9 Å². The second kappa shape index (κ2) is 4.61. The molecule has 0 fully saturated rings. The minimum Gasteiger partial charge on any atom is -0.372 e. The smallest absolute Gasteiger partial charge is 0.245 e. The third-order valence-electron chi connectivity index (χ3n) is 3.90. The second-order valence-electron chi connectivity index (χ2n) is 5.33. The second-order valence-corrected chi connectivity index (χ2v) is 5.33. The number of carbonyl (C=O) groups excluding carboxylic acids is 1. The Bertz CT molecular complexity index is 470. The van der Waals surface area contributed by atoms with Crippen molar-refractivity contribution in [2.75, 3.05) is 17.3 Å². The molecule has 0 aliphatic carbocycles. The molecular formula is C14H21N3O. The Morgan fingerprint density at radius 3 is 2.61 bits per heavy atom.